The number of hydrogen-bond donors (Lipinski definition) is 0. The normalized spacial score (nSPS) is 26.1. The van der Waals surface area contributed by atoms with Crippen molar-refractivity contribution in [3.05, 3.63) is 23.8 Å². The fourth-order valence-electron chi connectivity index (χ4n) is 1.12. The molecule has 1 atom stereocenters. The minimum Gasteiger partial charge on any atom is -0.371 e. The number of esters is 1. The van der Waals surface area contributed by atoms with E-state index < -0.39 is 17.4 Å². The third-order valence-electron chi connectivity index (χ3n) is 1.69. The van der Waals surface area contributed by atoms with Crippen LogP contribution in [-0.2, 0) is 9.53 Å². The molecule has 1 aliphatic carbocycles. The number of cyclic esters (lactones) is 2. The Morgan fingerprint density at radius 1 is 1.46 bits per heavy atom. The lowest BCUT2D eigenvalue weighted by atomic mass is 10.0. The van der Waals surface area contributed by atoms with Gasteiger partial charge in [-0.1, -0.05) is 12.2 Å². The van der Waals surface area contributed by atoms with E-state index in [1.807, 2.05) is 0 Å². The average Bonchev–Trinajstić information content (AvgIpc) is 2.07. The second-order valence-electron chi connectivity index (χ2n) is 2.52. The molecule has 13 heavy (non-hydrogen) atoms. The van der Waals surface area contributed by atoms with Gasteiger partial charge in [-0.2, -0.15) is 4.99 Å². The van der Waals surface area contributed by atoms with E-state index in [-0.39, 0.29) is 11.3 Å². The predicted molar refractivity (Wildman–Crippen MR) is 45.8 cm³/mol. The summed E-state index contributed by atoms with van der Waals surface area (Å²) in [4.78, 5) is 25.4. The van der Waals surface area contributed by atoms with Crippen molar-refractivity contribution >= 4 is 29.4 Å². The summed E-state index contributed by atoms with van der Waals surface area (Å²) in [6.07, 6.45) is 3.88. The van der Waals surface area contributed by atoms with Crippen LogP contribution >= 0.6 is 11.6 Å². The second-order valence-corrected chi connectivity index (χ2v) is 2.99. The number of alkyl halides is 1. The Bertz CT molecular complexity index is 381. The summed E-state index contributed by atoms with van der Waals surface area (Å²) in [6, 6.07) is 0. The maximum atomic E-state index is 11.1. The van der Waals surface area contributed by atoms with Crippen LogP contribution in [0.15, 0.2) is 28.8 Å². The van der Waals surface area contributed by atoms with Crippen molar-refractivity contribution in [3.63, 3.8) is 0 Å². The van der Waals surface area contributed by atoms with Gasteiger partial charge in [0.2, 0.25) is 0 Å². The van der Waals surface area contributed by atoms with E-state index in [4.69, 9.17) is 11.6 Å². The summed E-state index contributed by atoms with van der Waals surface area (Å²) in [6.45, 7) is 0. The van der Waals surface area contributed by atoms with Crippen LogP contribution in [0.5, 0.6) is 0 Å². The molecule has 1 unspecified atom stereocenters. The topological polar surface area (TPSA) is 55.7 Å². The lowest BCUT2D eigenvalue weighted by Gasteiger charge is -2.17. The number of hydrogen-bond acceptors (Lipinski definition) is 3. The molecular formula is C8H4ClNO3. The van der Waals surface area contributed by atoms with Crippen molar-refractivity contribution in [2.75, 3.05) is 0 Å². The number of halogens is 1. The molecule has 0 radical (unpaired) electrons. The predicted octanol–water partition coefficient (Wildman–Crippen LogP) is 1.21. The van der Waals surface area contributed by atoms with Crippen LogP contribution in [0.4, 0.5) is 4.79 Å². The molecule has 0 N–H and O–H groups in total. The standard InChI is InChI=1S/C8H4ClNO3/c9-5-3-1-2-4-6(5)10-8(12)13-7(4)11/h1-3,5H. The first-order valence-electron chi connectivity index (χ1n) is 3.56. The third kappa shape index (κ3) is 1.29. The highest BCUT2D eigenvalue weighted by atomic mass is 35.5. The van der Waals surface area contributed by atoms with Gasteiger partial charge in [-0.15, -0.1) is 11.6 Å². The molecule has 1 amide bonds. The maximum absolute atomic E-state index is 11.1. The molecule has 0 aromatic heterocycles. The van der Waals surface area contributed by atoms with Crippen LogP contribution in [0.2, 0.25) is 0 Å². The molecule has 0 fully saturated rings. The van der Waals surface area contributed by atoms with Crippen molar-refractivity contribution in [2.24, 2.45) is 4.99 Å². The molecule has 0 spiro atoms. The van der Waals surface area contributed by atoms with Gasteiger partial charge in [-0.3, -0.25) is 0 Å². The zero-order valence-corrected chi connectivity index (χ0v) is 7.12. The Labute approximate surface area is 78.5 Å². The number of fused-ring (bicyclic) bond motifs is 1. The van der Waals surface area contributed by atoms with E-state index >= 15 is 0 Å². The van der Waals surface area contributed by atoms with Crippen molar-refractivity contribution < 1.29 is 14.3 Å². The molecule has 0 saturated heterocycles. The molecule has 2 aliphatic rings. The number of carbonyl (C=O) groups excluding carboxylic acids is 2. The molecule has 1 aliphatic heterocycles. The van der Waals surface area contributed by atoms with E-state index in [0.717, 1.165) is 0 Å². The zero-order chi connectivity index (χ0) is 9.42. The van der Waals surface area contributed by atoms with E-state index in [9.17, 15) is 9.59 Å². The van der Waals surface area contributed by atoms with Crippen LogP contribution in [0.25, 0.3) is 0 Å². The fourth-order valence-corrected chi connectivity index (χ4v) is 1.37. The van der Waals surface area contributed by atoms with Crippen LogP contribution in [0.1, 0.15) is 0 Å². The zero-order valence-electron chi connectivity index (χ0n) is 6.36. The molecule has 2 rings (SSSR count). The van der Waals surface area contributed by atoms with Crippen molar-refractivity contribution in [1.82, 2.24) is 0 Å². The first-order valence-corrected chi connectivity index (χ1v) is 4.00. The molecule has 4 nitrogen and oxygen atoms in total. The molecule has 0 bridgehead atoms. The third-order valence-corrected chi connectivity index (χ3v) is 2.04. The van der Waals surface area contributed by atoms with Crippen LogP contribution in [0, 0.1) is 0 Å². The summed E-state index contributed by atoms with van der Waals surface area (Å²) < 4.78 is 4.28. The number of ether oxygens (including phenoxy) is 1. The Morgan fingerprint density at radius 3 is 3.00 bits per heavy atom. The van der Waals surface area contributed by atoms with E-state index in [1.165, 1.54) is 6.08 Å². The van der Waals surface area contributed by atoms with Gasteiger partial charge in [0.05, 0.1) is 16.7 Å². The Kier molecular flexibility index (Phi) is 1.77. The average molecular weight is 198 g/mol. The van der Waals surface area contributed by atoms with Gasteiger partial charge in [0.15, 0.2) is 0 Å². The van der Waals surface area contributed by atoms with Crippen LogP contribution < -0.4 is 0 Å². The van der Waals surface area contributed by atoms with Crippen LogP contribution in [-0.4, -0.2) is 23.2 Å². The summed E-state index contributed by atoms with van der Waals surface area (Å²) in [5.41, 5.74) is 0.521. The SMILES string of the molecule is O=C1N=C2C(=CC=CC2Cl)C(=O)O1. The fraction of sp³-hybridized carbons (Fsp3) is 0.125. The van der Waals surface area contributed by atoms with Crippen LogP contribution in [0.3, 0.4) is 0 Å². The summed E-state index contributed by atoms with van der Waals surface area (Å²) in [7, 11) is 0. The summed E-state index contributed by atoms with van der Waals surface area (Å²) >= 11 is 5.80. The van der Waals surface area contributed by atoms with Crippen molar-refractivity contribution in [2.45, 2.75) is 5.38 Å². The molecular weight excluding hydrogens is 194 g/mol. The van der Waals surface area contributed by atoms with Crippen molar-refractivity contribution in [3.8, 4) is 0 Å². The highest BCUT2D eigenvalue weighted by molar-refractivity contribution is 6.43. The highest BCUT2D eigenvalue weighted by Crippen LogP contribution is 2.20. The van der Waals surface area contributed by atoms with Crippen molar-refractivity contribution in [1.29, 1.82) is 0 Å². The number of allylic oxidation sites excluding steroid dienone is 3. The lowest BCUT2D eigenvalue weighted by Crippen LogP contribution is -2.31. The molecule has 0 saturated carbocycles. The van der Waals surface area contributed by atoms with Gasteiger partial charge in [-0.05, 0) is 6.08 Å². The van der Waals surface area contributed by atoms with Gasteiger partial charge >= 0.3 is 12.1 Å². The van der Waals surface area contributed by atoms with Gasteiger partial charge in [0.25, 0.3) is 0 Å². The molecule has 1 heterocycles. The largest absolute Gasteiger partial charge is 0.441 e. The number of nitrogens with zero attached hydrogens (tertiary/aromatic N) is 1. The summed E-state index contributed by atoms with van der Waals surface area (Å²) in [5, 5.41) is -0.531. The highest BCUT2D eigenvalue weighted by Gasteiger charge is 2.31. The summed E-state index contributed by atoms with van der Waals surface area (Å²) in [5.74, 6) is -0.690. The number of aliphatic imine (C=N–C) groups is 1. The number of rotatable bonds is 0. The number of carbonyl (C=O) groups is 2. The number of amides is 1. The Morgan fingerprint density at radius 2 is 2.23 bits per heavy atom. The molecule has 66 valence electrons. The van der Waals surface area contributed by atoms with E-state index in [2.05, 4.69) is 9.73 Å². The quantitative estimate of drug-likeness (QED) is 0.333. The lowest BCUT2D eigenvalue weighted by molar-refractivity contribution is -0.132. The van der Waals surface area contributed by atoms with E-state index in [1.54, 1.807) is 12.2 Å². The molecule has 5 heteroatoms. The van der Waals surface area contributed by atoms with Gasteiger partial charge in [-0.25, -0.2) is 9.59 Å². The Hall–Kier alpha value is -1.42. The molecule has 0 aromatic rings. The monoisotopic (exact) mass is 197 g/mol. The first-order chi connectivity index (χ1) is 6.18. The molecule has 0 aromatic carbocycles. The van der Waals surface area contributed by atoms with Gasteiger partial charge < -0.3 is 4.74 Å². The van der Waals surface area contributed by atoms with Gasteiger partial charge in [0.1, 0.15) is 0 Å². The van der Waals surface area contributed by atoms with E-state index in [0.29, 0.717) is 0 Å². The minimum absolute atomic E-state index is 0.252. The first kappa shape index (κ1) is 8.19. The minimum atomic E-state index is -0.905. The van der Waals surface area contributed by atoms with Gasteiger partial charge in [0, 0.05) is 0 Å². The maximum Gasteiger partial charge on any atom is 0.441 e. The second kappa shape index (κ2) is 2.81. The Balaban J connectivity index is 2.51. The smallest absolute Gasteiger partial charge is 0.371 e.